The van der Waals surface area contributed by atoms with Crippen molar-refractivity contribution in [1.82, 2.24) is 59.6 Å². The van der Waals surface area contributed by atoms with Crippen LogP contribution in [0.3, 0.4) is 0 Å². The maximum absolute atomic E-state index is 9.49. The average Bonchev–Trinajstić information content (AvgIpc) is 4.29. The third kappa shape index (κ3) is 9.56. The summed E-state index contributed by atoms with van der Waals surface area (Å²) in [7, 11) is 3.22. The van der Waals surface area contributed by atoms with Crippen molar-refractivity contribution in [2.24, 2.45) is 0 Å². The minimum Gasteiger partial charge on any atom is -0.497 e. The molecule has 0 aliphatic carbocycles. The summed E-state index contributed by atoms with van der Waals surface area (Å²) in [5.41, 5.74) is 24.8. The quantitative estimate of drug-likeness (QED) is 0.105. The van der Waals surface area contributed by atoms with Gasteiger partial charge in [-0.1, -0.05) is 66.6 Å². The van der Waals surface area contributed by atoms with Gasteiger partial charge in [-0.05, 0) is 79.5 Å². The van der Waals surface area contributed by atoms with Gasteiger partial charge in [0.25, 0.3) is 0 Å². The van der Waals surface area contributed by atoms with E-state index in [0.29, 0.717) is 41.1 Å². The highest BCUT2D eigenvalue weighted by molar-refractivity contribution is 5.84. The van der Waals surface area contributed by atoms with E-state index in [-0.39, 0.29) is 36.2 Å². The van der Waals surface area contributed by atoms with E-state index in [9.17, 15) is 10.5 Å². The number of imidazole rings is 3. The van der Waals surface area contributed by atoms with Gasteiger partial charge in [-0.25, -0.2) is 28.8 Å². The summed E-state index contributed by atoms with van der Waals surface area (Å²) in [6, 6.07) is 38.9. The summed E-state index contributed by atoms with van der Waals surface area (Å²) in [5.74, 6) is 5.78. The van der Waals surface area contributed by atoms with Crippen LogP contribution >= 0.6 is 0 Å². The average molecular weight is 934 g/mol. The van der Waals surface area contributed by atoms with Gasteiger partial charge in [-0.2, -0.15) is 10.5 Å². The van der Waals surface area contributed by atoms with Crippen LogP contribution in [-0.2, 0) is 19.6 Å². The second kappa shape index (κ2) is 21.2. The fourth-order valence-corrected chi connectivity index (χ4v) is 7.20. The summed E-state index contributed by atoms with van der Waals surface area (Å²) < 4.78 is 29.8. The largest absolute Gasteiger partial charge is 0.497 e. The lowest BCUT2D eigenvalue weighted by Gasteiger charge is -2.10. The van der Waals surface area contributed by atoms with Gasteiger partial charge >= 0.3 is 0 Å². The zero-order chi connectivity index (χ0) is 49.0. The van der Waals surface area contributed by atoms with Crippen LogP contribution in [0.2, 0.25) is 0 Å². The van der Waals surface area contributed by atoms with Crippen LogP contribution in [0.5, 0.6) is 11.5 Å². The Labute approximate surface area is 398 Å². The van der Waals surface area contributed by atoms with Crippen molar-refractivity contribution < 1.29 is 23.4 Å². The number of hydrogen-bond acceptors (Lipinski definition) is 19. The number of nitriles is 2. The number of nitrogen functional groups attached to an aromatic ring is 3. The first-order valence-electron chi connectivity index (χ1n) is 20.8. The van der Waals surface area contributed by atoms with E-state index in [0.717, 1.165) is 50.8 Å². The van der Waals surface area contributed by atoms with Gasteiger partial charge in [0, 0.05) is 34.6 Å². The standard InChI is InChI=1S/C21H18N6O3.C19H14N6O.C8H7N5O/c1-28-15-7-3-13(4-8-15)17-19(14-5-9-16(29-2)10-6-14)27(12-11-22)21(24-17)18-20(23)26-30-25-18;20-11-12-25-17(14-9-5-2-6-10-14)15(13-7-3-1-4-8-13)22-19(25)16-18(21)24-26-23-16;1-2-4-13-5-3-10-8(13)6-7(9)12-14-11-6/h3-10H,12H2,1-2H3,(H2,23,26);1-10H,12H2,(H2,21,24);1,3,5H,4H2,(H2,9,12). The molecule has 0 atom stereocenters. The van der Waals surface area contributed by atoms with E-state index < -0.39 is 0 Å². The van der Waals surface area contributed by atoms with E-state index in [4.69, 9.17) is 52.3 Å². The van der Waals surface area contributed by atoms with Gasteiger partial charge in [0.2, 0.25) is 0 Å². The zero-order valence-corrected chi connectivity index (χ0v) is 37.3. The van der Waals surface area contributed by atoms with Crippen LogP contribution in [-0.4, -0.2) is 73.8 Å². The highest BCUT2D eigenvalue weighted by Gasteiger charge is 2.26. The number of nitrogens with two attached hydrogens (primary N) is 3. The molecule has 0 aliphatic rings. The van der Waals surface area contributed by atoms with E-state index in [1.807, 2.05) is 109 Å². The molecular weight excluding hydrogens is 895 g/mol. The first-order chi connectivity index (χ1) is 34.3. The normalized spacial score (nSPS) is 10.4. The Hall–Kier alpha value is -10.5. The molecule has 0 fully saturated rings. The molecule has 22 nitrogen and oxygen atoms in total. The molecule has 6 aromatic heterocycles. The molecule has 0 saturated carbocycles. The van der Waals surface area contributed by atoms with Crippen molar-refractivity contribution >= 4 is 17.5 Å². The minimum atomic E-state index is 0.0339. The molecule has 0 spiro atoms. The second-order valence-electron chi connectivity index (χ2n) is 14.5. The van der Waals surface area contributed by atoms with Gasteiger partial charge in [0.05, 0.1) is 55.7 Å². The Morgan fingerprint density at radius 2 is 0.914 bits per heavy atom. The van der Waals surface area contributed by atoms with E-state index >= 15 is 0 Å². The van der Waals surface area contributed by atoms with Crippen molar-refractivity contribution in [3.63, 3.8) is 0 Å². The highest BCUT2D eigenvalue weighted by Crippen LogP contribution is 2.39. The molecule has 0 radical (unpaired) electrons. The number of ether oxygens (including phenoxy) is 2. The van der Waals surface area contributed by atoms with Crippen LogP contribution in [0.4, 0.5) is 17.5 Å². The predicted octanol–water partition coefficient (Wildman–Crippen LogP) is 6.91. The van der Waals surface area contributed by atoms with Crippen LogP contribution in [0, 0.1) is 35.0 Å². The SMILES string of the molecule is C#CCn1ccnc1-c1nonc1N.COc1ccc(-c2nc(-c3nonc3N)n(CC#N)c2-c2ccc(OC)cc2)cc1.N#CCn1c(-c2nonc2N)nc(-c2ccccc2)c1-c1ccccc1. The fraction of sp³-hybridized carbons (Fsp3) is 0.104. The smallest absolute Gasteiger partial charge is 0.199 e. The summed E-state index contributed by atoms with van der Waals surface area (Å²) in [4.78, 5) is 13.6. The molecule has 22 heteroatoms. The number of methoxy groups -OCH3 is 2. The maximum Gasteiger partial charge on any atom is 0.199 e. The number of rotatable bonds is 12. The molecule has 4 aromatic carbocycles. The molecule has 70 heavy (non-hydrogen) atoms. The van der Waals surface area contributed by atoms with Crippen molar-refractivity contribution in [1.29, 1.82) is 10.5 Å². The lowest BCUT2D eigenvalue weighted by molar-refractivity contribution is 0.310. The highest BCUT2D eigenvalue weighted by atomic mass is 16.6. The third-order valence-electron chi connectivity index (χ3n) is 10.4. The van der Waals surface area contributed by atoms with Crippen molar-refractivity contribution in [3.8, 4) is 116 Å². The number of terminal acetylenes is 1. The summed E-state index contributed by atoms with van der Waals surface area (Å²) in [6.07, 6.45) is 8.54. The Morgan fingerprint density at radius 1 is 0.514 bits per heavy atom. The van der Waals surface area contributed by atoms with Crippen LogP contribution in [0.1, 0.15) is 0 Å². The number of aromatic nitrogens is 12. The van der Waals surface area contributed by atoms with Crippen LogP contribution < -0.4 is 26.7 Å². The first-order valence-corrected chi connectivity index (χ1v) is 20.8. The number of benzene rings is 4. The maximum atomic E-state index is 9.49. The van der Waals surface area contributed by atoms with E-state index in [2.05, 4.69) is 58.6 Å². The van der Waals surface area contributed by atoms with Crippen molar-refractivity contribution in [2.45, 2.75) is 19.6 Å². The minimum absolute atomic E-state index is 0.0339. The summed E-state index contributed by atoms with van der Waals surface area (Å²) in [6.45, 7) is 0.527. The molecule has 0 unspecified atom stereocenters. The van der Waals surface area contributed by atoms with Gasteiger partial charge in [-0.3, -0.25) is 0 Å². The zero-order valence-electron chi connectivity index (χ0n) is 37.3. The summed E-state index contributed by atoms with van der Waals surface area (Å²) in [5, 5.41) is 41.0. The molecule has 0 aliphatic heterocycles. The topological polar surface area (TPSA) is 314 Å². The lowest BCUT2D eigenvalue weighted by Crippen LogP contribution is -2.03. The van der Waals surface area contributed by atoms with Crippen molar-refractivity contribution in [2.75, 3.05) is 31.4 Å². The number of nitrogens with zero attached hydrogens (tertiary/aromatic N) is 14. The molecule has 6 N–H and O–H groups in total. The van der Waals surface area contributed by atoms with Gasteiger partial charge in [-0.15, -0.1) is 6.42 Å². The van der Waals surface area contributed by atoms with Crippen LogP contribution in [0.15, 0.2) is 135 Å². The van der Waals surface area contributed by atoms with E-state index in [1.165, 1.54) is 0 Å². The molecule has 10 aromatic rings. The molecule has 0 bridgehead atoms. The molecule has 346 valence electrons. The van der Waals surface area contributed by atoms with Gasteiger partial charge < -0.3 is 40.4 Å². The van der Waals surface area contributed by atoms with Crippen molar-refractivity contribution in [3.05, 3.63) is 122 Å². The Kier molecular flexibility index (Phi) is 13.9. The van der Waals surface area contributed by atoms with Crippen LogP contribution in [0.25, 0.3) is 79.6 Å². The lowest BCUT2D eigenvalue weighted by atomic mass is 10.0. The predicted molar refractivity (Wildman–Crippen MR) is 255 cm³/mol. The Balaban J connectivity index is 0.000000150. The van der Waals surface area contributed by atoms with Gasteiger partial charge in [0.15, 0.2) is 52.0 Å². The molecule has 6 heterocycles. The third-order valence-corrected chi connectivity index (χ3v) is 10.4. The number of anilines is 3. The molecular formula is C48H39N17O5. The number of hydrogen-bond donors (Lipinski definition) is 3. The van der Waals surface area contributed by atoms with E-state index in [1.54, 1.807) is 40.3 Å². The monoisotopic (exact) mass is 933 g/mol. The molecule has 0 saturated heterocycles. The fourth-order valence-electron chi connectivity index (χ4n) is 7.20. The second-order valence-corrected chi connectivity index (χ2v) is 14.5. The summed E-state index contributed by atoms with van der Waals surface area (Å²) >= 11 is 0. The Bertz CT molecular complexity index is 3460. The van der Waals surface area contributed by atoms with Gasteiger partial charge in [0.1, 0.15) is 24.6 Å². The molecule has 10 rings (SSSR count). The molecule has 0 amide bonds. The first kappa shape index (κ1) is 46.0. The Morgan fingerprint density at radius 3 is 1.31 bits per heavy atom.